The molecule has 3 rings (SSSR count). The van der Waals surface area contributed by atoms with Gasteiger partial charge in [-0.2, -0.15) is 31.6 Å². The molecule has 0 aliphatic carbocycles. The number of carbonyl (C=O) groups is 1. The lowest BCUT2D eigenvalue weighted by atomic mass is 10.2. The Morgan fingerprint density at radius 3 is 2.15 bits per heavy atom. The van der Waals surface area contributed by atoms with Crippen LogP contribution >= 0.6 is 0 Å². The molecule has 1 unspecified atom stereocenters. The third kappa shape index (κ3) is 4.85. The summed E-state index contributed by atoms with van der Waals surface area (Å²) in [6, 6.07) is 6.86. The van der Waals surface area contributed by atoms with Crippen LogP contribution < -0.4 is 4.90 Å². The zero-order valence-corrected chi connectivity index (χ0v) is 17.6. The van der Waals surface area contributed by atoms with Crippen molar-refractivity contribution in [2.24, 2.45) is 0 Å². The molecule has 1 atom stereocenters. The first-order chi connectivity index (χ1) is 15.4. The lowest BCUT2D eigenvalue weighted by Crippen LogP contribution is -2.32. The van der Waals surface area contributed by atoms with Crippen LogP contribution in [0, 0.1) is 11.3 Å². The van der Waals surface area contributed by atoms with E-state index in [1.807, 2.05) is 0 Å². The van der Waals surface area contributed by atoms with Gasteiger partial charge < -0.3 is 0 Å². The predicted molar refractivity (Wildman–Crippen MR) is 106 cm³/mol. The van der Waals surface area contributed by atoms with Gasteiger partial charge in [0.05, 0.1) is 28.0 Å². The van der Waals surface area contributed by atoms with Crippen LogP contribution in [0.2, 0.25) is 0 Å². The van der Waals surface area contributed by atoms with Crippen LogP contribution in [0.3, 0.4) is 0 Å². The molecule has 0 radical (unpaired) electrons. The fourth-order valence-corrected chi connectivity index (χ4v) is 3.98. The maximum Gasteiger partial charge on any atom is 0.417 e. The minimum atomic E-state index is -4.71. The summed E-state index contributed by atoms with van der Waals surface area (Å²) >= 11 is 0. The first-order valence-corrected chi connectivity index (χ1v) is 10.5. The maximum absolute atomic E-state index is 13.2. The second-order valence-corrected chi connectivity index (χ2v) is 8.29. The van der Waals surface area contributed by atoms with Crippen LogP contribution in [-0.2, 0) is 23.2 Å². The van der Waals surface area contributed by atoms with Gasteiger partial charge in [0.25, 0.3) is 5.91 Å². The average Bonchev–Trinajstić information content (AvgIpc) is 3.14. The highest BCUT2D eigenvalue weighted by atomic mass is 32.2. The topological polar surface area (TPSA) is 78.5 Å². The van der Waals surface area contributed by atoms with Crippen molar-refractivity contribution in [3.63, 3.8) is 0 Å². The average molecular weight is 488 g/mol. The molecular formula is C20H14F6N4O2S. The number of aromatic nitrogens is 2. The van der Waals surface area contributed by atoms with Crippen molar-refractivity contribution in [2.75, 3.05) is 17.2 Å². The number of hydrogen-bond acceptors (Lipinski definition) is 4. The molecule has 33 heavy (non-hydrogen) atoms. The number of fused-ring (bicyclic) bond motifs is 1. The van der Waals surface area contributed by atoms with E-state index in [0.29, 0.717) is 6.20 Å². The Hall–Kier alpha value is -3.40. The van der Waals surface area contributed by atoms with Gasteiger partial charge >= 0.3 is 12.4 Å². The Labute approximate surface area is 185 Å². The van der Waals surface area contributed by atoms with E-state index in [0.717, 1.165) is 45.7 Å². The third-order valence-corrected chi connectivity index (χ3v) is 5.91. The summed E-state index contributed by atoms with van der Waals surface area (Å²) in [5.41, 5.74) is -2.67. The fraction of sp³-hybridized carbons (Fsp3) is 0.250. The Balaban J connectivity index is 2.15. The van der Waals surface area contributed by atoms with E-state index in [1.54, 1.807) is 6.07 Å². The molecule has 0 N–H and O–H groups in total. The lowest BCUT2D eigenvalue weighted by Gasteiger charge is -2.20. The highest BCUT2D eigenvalue weighted by Crippen LogP contribution is 2.32. The molecule has 2 heterocycles. The van der Waals surface area contributed by atoms with Gasteiger partial charge in [0, 0.05) is 17.6 Å². The standard InChI is InChI=1S/C20H14F6N4O2S/c1-2-33(32)18-16(28-15-8-5-13(11-30(15)18)20(24,25)26)17(31)29(10-9-27)14-6-3-12(4-7-14)19(21,22)23/h3-8,11H,2,10H2,1H3. The van der Waals surface area contributed by atoms with Gasteiger partial charge in [-0.3, -0.25) is 18.3 Å². The number of carbonyl (C=O) groups excluding carboxylic acids is 1. The summed E-state index contributed by atoms with van der Waals surface area (Å²) in [6.07, 6.45) is -8.67. The number of hydrogen-bond donors (Lipinski definition) is 0. The first kappa shape index (κ1) is 24.2. The second-order valence-electron chi connectivity index (χ2n) is 6.64. The highest BCUT2D eigenvalue weighted by molar-refractivity contribution is 7.85. The smallest absolute Gasteiger partial charge is 0.293 e. The number of pyridine rings is 1. The first-order valence-electron chi connectivity index (χ1n) is 9.22. The monoisotopic (exact) mass is 488 g/mol. The number of benzene rings is 1. The molecule has 0 bridgehead atoms. The SMILES string of the molecule is CCS(=O)c1c(C(=O)N(CC#N)c2ccc(C(F)(F)F)cc2)nc2ccc(C(F)(F)F)cn12. The predicted octanol–water partition coefficient (Wildman–Crippen LogP) is 4.67. The van der Waals surface area contributed by atoms with Crippen molar-refractivity contribution >= 4 is 28.0 Å². The molecule has 6 nitrogen and oxygen atoms in total. The van der Waals surface area contributed by atoms with Gasteiger partial charge in [-0.25, -0.2) is 4.98 Å². The minimum Gasteiger partial charge on any atom is -0.293 e. The van der Waals surface area contributed by atoms with E-state index >= 15 is 0 Å². The van der Waals surface area contributed by atoms with Gasteiger partial charge in [0.15, 0.2) is 5.69 Å². The van der Waals surface area contributed by atoms with Crippen molar-refractivity contribution in [3.8, 4) is 6.07 Å². The number of rotatable bonds is 5. The molecule has 0 fully saturated rings. The van der Waals surface area contributed by atoms with E-state index in [-0.39, 0.29) is 22.1 Å². The molecule has 3 aromatic rings. The van der Waals surface area contributed by atoms with Crippen LogP contribution in [-0.4, -0.2) is 31.8 Å². The van der Waals surface area contributed by atoms with Crippen molar-refractivity contribution < 1.29 is 35.3 Å². The van der Waals surface area contributed by atoms with Crippen molar-refractivity contribution in [1.29, 1.82) is 5.26 Å². The number of imidazole rings is 1. The summed E-state index contributed by atoms with van der Waals surface area (Å²) in [5.74, 6) is -1.05. The summed E-state index contributed by atoms with van der Waals surface area (Å²) in [5, 5.41) is 8.83. The van der Waals surface area contributed by atoms with Crippen molar-refractivity contribution in [3.05, 3.63) is 59.4 Å². The molecule has 2 aromatic heterocycles. The molecule has 1 aromatic carbocycles. The van der Waals surface area contributed by atoms with Gasteiger partial charge in [-0.1, -0.05) is 6.92 Å². The number of halogens is 6. The van der Waals surface area contributed by atoms with Gasteiger partial charge in [-0.15, -0.1) is 0 Å². The van der Waals surface area contributed by atoms with E-state index in [1.165, 1.54) is 6.92 Å². The van der Waals surface area contributed by atoms with Crippen LogP contribution in [0.5, 0.6) is 0 Å². The number of alkyl halides is 6. The zero-order chi connectivity index (χ0) is 24.6. The second kappa shape index (κ2) is 8.86. The lowest BCUT2D eigenvalue weighted by molar-refractivity contribution is -0.138. The molecule has 0 aliphatic rings. The zero-order valence-electron chi connectivity index (χ0n) is 16.7. The Morgan fingerprint density at radius 1 is 1.06 bits per heavy atom. The molecule has 0 saturated carbocycles. The van der Waals surface area contributed by atoms with Crippen LogP contribution in [0.4, 0.5) is 32.0 Å². The number of nitrogens with zero attached hydrogens (tertiary/aromatic N) is 4. The highest BCUT2D eigenvalue weighted by Gasteiger charge is 2.34. The van der Waals surface area contributed by atoms with Crippen molar-refractivity contribution in [1.82, 2.24) is 9.38 Å². The van der Waals surface area contributed by atoms with Gasteiger partial charge in [0.2, 0.25) is 0 Å². The molecule has 1 amide bonds. The molecule has 13 heteroatoms. The third-order valence-electron chi connectivity index (χ3n) is 4.56. The van der Waals surface area contributed by atoms with Crippen LogP contribution in [0.15, 0.2) is 47.6 Å². The van der Waals surface area contributed by atoms with E-state index in [2.05, 4.69) is 4.98 Å². The summed E-state index contributed by atoms with van der Waals surface area (Å²) in [4.78, 5) is 18.1. The van der Waals surface area contributed by atoms with Crippen LogP contribution in [0.25, 0.3) is 5.65 Å². The normalized spacial score (nSPS) is 13.0. The van der Waals surface area contributed by atoms with Crippen molar-refractivity contribution in [2.45, 2.75) is 24.3 Å². The van der Waals surface area contributed by atoms with Gasteiger partial charge in [-0.05, 0) is 36.4 Å². The minimum absolute atomic E-state index is 0.0527. The number of amides is 1. The van der Waals surface area contributed by atoms with E-state index in [4.69, 9.17) is 5.26 Å². The Bertz CT molecular complexity index is 1260. The Morgan fingerprint density at radius 2 is 1.64 bits per heavy atom. The molecule has 0 saturated heterocycles. The van der Waals surface area contributed by atoms with E-state index in [9.17, 15) is 35.3 Å². The molecular weight excluding hydrogens is 474 g/mol. The molecule has 174 valence electrons. The Kier molecular flexibility index (Phi) is 6.51. The van der Waals surface area contributed by atoms with E-state index < -0.39 is 52.4 Å². The maximum atomic E-state index is 13.2. The quantitative estimate of drug-likeness (QED) is 0.386. The largest absolute Gasteiger partial charge is 0.417 e. The summed E-state index contributed by atoms with van der Waals surface area (Å²) in [7, 11) is -1.94. The van der Waals surface area contributed by atoms with Crippen LogP contribution in [0.1, 0.15) is 28.5 Å². The van der Waals surface area contributed by atoms with Gasteiger partial charge in [0.1, 0.15) is 17.2 Å². The fourth-order valence-electron chi connectivity index (χ4n) is 2.99. The number of anilines is 1. The number of nitriles is 1. The summed E-state index contributed by atoms with van der Waals surface area (Å²) < 4.78 is 91.6. The molecule has 0 aliphatic heterocycles. The molecule has 0 spiro atoms. The summed E-state index contributed by atoms with van der Waals surface area (Å²) in [6.45, 7) is 0.893.